The zero-order valence-corrected chi connectivity index (χ0v) is 14.9. The highest BCUT2D eigenvalue weighted by Crippen LogP contribution is 2.26. The van der Waals surface area contributed by atoms with Crippen molar-refractivity contribution in [2.45, 2.75) is 32.7 Å². The van der Waals surface area contributed by atoms with E-state index in [0.29, 0.717) is 26.3 Å². The van der Waals surface area contributed by atoms with Crippen LogP contribution in [0, 0.1) is 13.8 Å². The Labute approximate surface area is 145 Å². The summed E-state index contributed by atoms with van der Waals surface area (Å²) in [7, 11) is 0. The molecule has 0 aliphatic carbocycles. The molecule has 2 amide bonds. The van der Waals surface area contributed by atoms with Gasteiger partial charge in [-0.15, -0.1) is 11.3 Å². The van der Waals surface area contributed by atoms with Gasteiger partial charge in [0.1, 0.15) is 11.0 Å². The third-order valence-corrected chi connectivity index (χ3v) is 5.21. The average Bonchev–Trinajstić information content (AvgIpc) is 3.20. The van der Waals surface area contributed by atoms with Crippen LogP contribution in [0.5, 0.6) is 0 Å². The maximum absolute atomic E-state index is 12.5. The largest absolute Gasteiger partial charge is 0.377 e. The predicted molar refractivity (Wildman–Crippen MR) is 92.2 cm³/mol. The van der Waals surface area contributed by atoms with Crippen LogP contribution in [-0.4, -0.2) is 52.4 Å². The number of ether oxygens (including phenoxy) is 1. The van der Waals surface area contributed by atoms with E-state index in [-0.39, 0.29) is 12.1 Å². The molecule has 0 unspecified atom stereocenters. The van der Waals surface area contributed by atoms with Crippen LogP contribution in [0.4, 0.5) is 4.79 Å². The number of carbonyl (C=O) groups excluding carboxylic acids is 1. The van der Waals surface area contributed by atoms with Crippen molar-refractivity contribution >= 4 is 17.4 Å². The SMILES string of the molecule is Cc1csc([C@H]2COCCN2C(=O)NCCCc2cn[nH]c2C)n1. The number of thiazole rings is 1. The highest BCUT2D eigenvalue weighted by Gasteiger charge is 2.30. The molecule has 1 aliphatic heterocycles. The Morgan fingerprint density at radius 2 is 2.42 bits per heavy atom. The molecular weight excluding hydrogens is 326 g/mol. The maximum Gasteiger partial charge on any atom is 0.318 e. The van der Waals surface area contributed by atoms with Crippen LogP contribution in [0.15, 0.2) is 11.6 Å². The Balaban J connectivity index is 1.51. The molecule has 0 saturated carbocycles. The second-order valence-electron chi connectivity index (χ2n) is 5.97. The molecule has 0 bridgehead atoms. The van der Waals surface area contributed by atoms with Crippen molar-refractivity contribution < 1.29 is 9.53 Å². The van der Waals surface area contributed by atoms with E-state index in [1.165, 1.54) is 5.56 Å². The van der Waals surface area contributed by atoms with Crippen LogP contribution >= 0.6 is 11.3 Å². The molecule has 1 atom stereocenters. The minimum absolute atomic E-state index is 0.0416. The second-order valence-corrected chi connectivity index (χ2v) is 6.86. The van der Waals surface area contributed by atoms with Gasteiger partial charge in [0.15, 0.2) is 0 Å². The number of aromatic nitrogens is 3. The van der Waals surface area contributed by atoms with E-state index in [9.17, 15) is 4.79 Å². The minimum atomic E-state index is -0.0893. The van der Waals surface area contributed by atoms with Crippen LogP contribution in [-0.2, 0) is 11.2 Å². The summed E-state index contributed by atoms with van der Waals surface area (Å²) in [4.78, 5) is 18.9. The van der Waals surface area contributed by atoms with Gasteiger partial charge in [0, 0.05) is 29.9 Å². The van der Waals surface area contributed by atoms with E-state index in [4.69, 9.17) is 4.74 Å². The third-order valence-electron chi connectivity index (χ3n) is 4.14. The summed E-state index contributed by atoms with van der Waals surface area (Å²) in [5, 5.41) is 12.9. The zero-order chi connectivity index (χ0) is 16.9. The van der Waals surface area contributed by atoms with E-state index >= 15 is 0 Å². The van der Waals surface area contributed by atoms with Crippen molar-refractivity contribution in [2.75, 3.05) is 26.3 Å². The summed E-state index contributed by atoms with van der Waals surface area (Å²) < 4.78 is 5.55. The molecule has 7 nitrogen and oxygen atoms in total. The van der Waals surface area contributed by atoms with Crippen molar-refractivity contribution in [1.29, 1.82) is 0 Å². The Hall–Kier alpha value is -1.93. The molecular formula is C16H23N5O2S. The monoisotopic (exact) mass is 349 g/mol. The van der Waals surface area contributed by atoms with Crippen LogP contribution in [0.3, 0.4) is 0 Å². The van der Waals surface area contributed by atoms with Crippen molar-refractivity contribution in [3.05, 3.63) is 33.5 Å². The highest BCUT2D eigenvalue weighted by molar-refractivity contribution is 7.09. The van der Waals surface area contributed by atoms with Crippen molar-refractivity contribution in [2.24, 2.45) is 0 Å². The van der Waals surface area contributed by atoms with Crippen LogP contribution < -0.4 is 5.32 Å². The highest BCUT2D eigenvalue weighted by atomic mass is 32.1. The second kappa shape index (κ2) is 7.76. The van der Waals surface area contributed by atoms with Crippen LogP contribution in [0.1, 0.15) is 34.4 Å². The van der Waals surface area contributed by atoms with E-state index < -0.39 is 0 Å². The average molecular weight is 349 g/mol. The van der Waals surface area contributed by atoms with Crippen LogP contribution in [0.25, 0.3) is 0 Å². The summed E-state index contributed by atoms with van der Waals surface area (Å²) in [6.45, 7) is 6.29. The number of rotatable bonds is 5. The van der Waals surface area contributed by atoms with E-state index in [0.717, 1.165) is 29.2 Å². The first kappa shape index (κ1) is 16.9. The van der Waals surface area contributed by atoms with Gasteiger partial charge in [0.05, 0.1) is 19.4 Å². The molecule has 2 aromatic rings. The molecule has 0 spiro atoms. The molecule has 1 saturated heterocycles. The molecule has 1 fully saturated rings. The molecule has 8 heteroatoms. The molecule has 3 heterocycles. The molecule has 130 valence electrons. The lowest BCUT2D eigenvalue weighted by atomic mass is 10.1. The number of aryl methyl sites for hydroxylation is 3. The number of amides is 2. The van der Waals surface area contributed by atoms with Gasteiger partial charge < -0.3 is 15.0 Å². The fourth-order valence-electron chi connectivity index (χ4n) is 2.78. The first-order valence-corrected chi connectivity index (χ1v) is 9.06. The van der Waals surface area contributed by atoms with Gasteiger partial charge in [-0.1, -0.05) is 0 Å². The standard InChI is InChI=1S/C16H23N5O2S/c1-11-10-24-15(19-11)14-9-23-7-6-21(14)16(22)17-5-3-4-13-8-18-20-12(13)2/h8,10,14H,3-7,9H2,1-2H3,(H,17,22)(H,18,20)/t14-/m1/s1. The molecule has 0 aromatic carbocycles. The number of urea groups is 1. The molecule has 2 N–H and O–H groups in total. The van der Waals surface area contributed by atoms with Crippen molar-refractivity contribution in [3.8, 4) is 0 Å². The first-order chi connectivity index (χ1) is 11.6. The van der Waals surface area contributed by atoms with Gasteiger partial charge in [-0.25, -0.2) is 9.78 Å². The molecule has 24 heavy (non-hydrogen) atoms. The van der Waals surface area contributed by atoms with Gasteiger partial charge in [-0.2, -0.15) is 5.10 Å². The summed E-state index contributed by atoms with van der Waals surface area (Å²) in [6.07, 6.45) is 3.64. The number of hydrogen-bond acceptors (Lipinski definition) is 5. The lowest BCUT2D eigenvalue weighted by Crippen LogP contribution is -2.48. The zero-order valence-electron chi connectivity index (χ0n) is 14.0. The van der Waals surface area contributed by atoms with Crippen LogP contribution in [0.2, 0.25) is 0 Å². The number of aromatic amines is 1. The van der Waals surface area contributed by atoms with Gasteiger partial charge in [-0.05, 0) is 32.3 Å². The first-order valence-electron chi connectivity index (χ1n) is 8.18. The van der Waals surface area contributed by atoms with Gasteiger partial charge in [0.25, 0.3) is 0 Å². The minimum Gasteiger partial charge on any atom is -0.377 e. The van der Waals surface area contributed by atoms with Gasteiger partial charge >= 0.3 is 6.03 Å². The lowest BCUT2D eigenvalue weighted by Gasteiger charge is -2.34. The number of carbonyl (C=O) groups is 1. The molecule has 2 aromatic heterocycles. The van der Waals surface area contributed by atoms with E-state index in [1.807, 2.05) is 30.3 Å². The Kier molecular flexibility index (Phi) is 5.47. The Bertz CT molecular complexity index is 684. The lowest BCUT2D eigenvalue weighted by molar-refractivity contribution is 0.0116. The number of hydrogen-bond donors (Lipinski definition) is 2. The molecule has 0 radical (unpaired) electrons. The fourth-order valence-corrected chi connectivity index (χ4v) is 3.67. The van der Waals surface area contributed by atoms with Gasteiger partial charge in [-0.3, -0.25) is 5.10 Å². The number of morpholine rings is 1. The quantitative estimate of drug-likeness (QED) is 0.811. The summed E-state index contributed by atoms with van der Waals surface area (Å²) in [5.41, 5.74) is 3.27. The smallest absolute Gasteiger partial charge is 0.318 e. The van der Waals surface area contributed by atoms with Gasteiger partial charge in [0.2, 0.25) is 0 Å². The molecule has 1 aliphatic rings. The normalized spacial score (nSPS) is 17.9. The molecule has 3 rings (SSSR count). The summed E-state index contributed by atoms with van der Waals surface area (Å²) >= 11 is 1.58. The van der Waals surface area contributed by atoms with Crippen molar-refractivity contribution in [1.82, 2.24) is 25.4 Å². The maximum atomic E-state index is 12.5. The number of nitrogens with one attached hydrogen (secondary N) is 2. The Morgan fingerprint density at radius 1 is 1.54 bits per heavy atom. The fraction of sp³-hybridized carbons (Fsp3) is 0.562. The number of nitrogens with zero attached hydrogens (tertiary/aromatic N) is 3. The predicted octanol–water partition coefficient (Wildman–Crippen LogP) is 2.20. The van der Waals surface area contributed by atoms with Crippen molar-refractivity contribution in [3.63, 3.8) is 0 Å². The number of H-pyrrole nitrogens is 1. The Morgan fingerprint density at radius 3 is 3.12 bits per heavy atom. The summed E-state index contributed by atoms with van der Waals surface area (Å²) in [5.74, 6) is 0. The van der Waals surface area contributed by atoms with E-state index in [2.05, 4.69) is 20.5 Å². The topological polar surface area (TPSA) is 83.1 Å². The van der Waals surface area contributed by atoms with E-state index in [1.54, 1.807) is 11.3 Å². The third kappa shape index (κ3) is 3.93. The summed E-state index contributed by atoms with van der Waals surface area (Å²) in [6, 6.07) is -0.131.